The number of aromatic nitrogens is 2. The number of methoxy groups -OCH3 is 1. The van der Waals surface area contributed by atoms with Crippen LogP contribution in [0.2, 0.25) is 10.0 Å². The number of carbonyl (C=O) groups excluding carboxylic acids is 1. The molecule has 2 N–H and O–H groups in total. The second-order valence-corrected chi connectivity index (χ2v) is 12.1. The van der Waals surface area contributed by atoms with E-state index in [1.165, 1.54) is 4.90 Å². The molecule has 0 unspecified atom stereocenters. The van der Waals surface area contributed by atoms with Crippen LogP contribution >= 0.6 is 23.2 Å². The number of benzene rings is 2. The van der Waals surface area contributed by atoms with E-state index in [1.54, 1.807) is 20.2 Å². The number of pyridine rings is 2. The van der Waals surface area contributed by atoms with Crippen LogP contribution in [0, 0.1) is 0 Å². The van der Waals surface area contributed by atoms with Gasteiger partial charge in [-0.2, -0.15) is 0 Å². The van der Waals surface area contributed by atoms with Gasteiger partial charge in [0.2, 0.25) is 11.8 Å². The van der Waals surface area contributed by atoms with Crippen LogP contribution in [0.15, 0.2) is 60.8 Å². The number of ether oxygens (including phenoxy) is 1. The normalized spacial score (nSPS) is 14.8. The third-order valence-corrected chi connectivity index (χ3v) is 9.37. The summed E-state index contributed by atoms with van der Waals surface area (Å²) < 4.78 is 5.67. The fourth-order valence-electron chi connectivity index (χ4n) is 6.05. The molecule has 2 aliphatic heterocycles. The molecule has 0 spiro atoms. The Kier molecular flexibility index (Phi) is 8.94. The van der Waals surface area contributed by atoms with Crippen molar-refractivity contribution < 1.29 is 19.4 Å². The smallest absolute Gasteiger partial charge is 0.407 e. The van der Waals surface area contributed by atoms with Crippen molar-refractivity contribution in [2.45, 2.75) is 45.4 Å². The minimum atomic E-state index is -0.943. The molecule has 2 aromatic carbocycles. The highest BCUT2D eigenvalue weighted by Crippen LogP contribution is 2.42. The van der Waals surface area contributed by atoms with E-state index in [9.17, 15) is 14.7 Å². The highest BCUT2D eigenvalue weighted by atomic mass is 35.5. The van der Waals surface area contributed by atoms with Crippen molar-refractivity contribution >= 4 is 35.2 Å². The number of nitrogens with one attached hydrogen (secondary N) is 1. The summed E-state index contributed by atoms with van der Waals surface area (Å²) in [6.45, 7) is 4.43. The van der Waals surface area contributed by atoms with E-state index in [4.69, 9.17) is 32.9 Å². The van der Waals surface area contributed by atoms with Crippen molar-refractivity contribution in [1.82, 2.24) is 25.1 Å². The van der Waals surface area contributed by atoms with E-state index in [2.05, 4.69) is 10.3 Å². The van der Waals surface area contributed by atoms with Gasteiger partial charge in [-0.15, -0.1) is 0 Å². The monoisotopic (exact) mass is 645 g/mol. The van der Waals surface area contributed by atoms with Gasteiger partial charge >= 0.3 is 6.09 Å². The van der Waals surface area contributed by atoms with Gasteiger partial charge in [0.05, 0.1) is 28.5 Å². The van der Waals surface area contributed by atoms with Crippen molar-refractivity contribution in [2.24, 2.45) is 0 Å². The van der Waals surface area contributed by atoms with Crippen LogP contribution in [-0.2, 0) is 24.4 Å². The lowest BCUT2D eigenvalue weighted by molar-refractivity contribution is -0.129. The van der Waals surface area contributed by atoms with Gasteiger partial charge in [-0.25, -0.2) is 9.78 Å². The predicted molar refractivity (Wildman–Crippen MR) is 174 cm³/mol. The van der Waals surface area contributed by atoms with Crippen molar-refractivity contribution in [2.75, 3.05) is 20.2 Å². The van der Waals surface area contributed by atoms with Crippen LogP contribution in [0.5, 0.6) is 5.88 Å². The first-order valence-corrected chi connectivity index (χ1v) is 15.6. The van der Waals surface area contributed by atoms with Gasteiger partial charge in [0, 0.05) is 79.7 Å². The lowest BCUT2D eigenvalue weighted by Crippen LogP contribution is -2.44. The summed E-state index contributed by atoms with van der Waals surface area (Å²) in [6, 6.07) is 17.6. The lowest BCUT2D eigenvalue weighted by Gasteiger charge is -2.31. The van der Waals surface area contributed by atoms with E-state index in [-0.39, 0.29) is 5.91 Å². The number of carbonyl (C=O) groups is 2. The molecule has 0 saturated carbocycles. The van der Waals surface area contributed by atoms with Crippen LogP contribution in [0.4, 0.5) is 4.79 Å². The number of halogens is 2. The Morgan fingerprint density at radius 2 is 1.69 bits per heavy atom. The maximum absolute atomic E-state index is 11.6. The number of carboxylic acid groups (broad SMARTS) is 1. The number of rotatable bonds is 7. The van der Waals surface area contributed by atoms with Crippen LogP contribution in [0.25, 0.3) is 33.6 Å². The highest BCUT2D eigenvalue weighted by Gasteiger charge is 2.25. The zero-order chi connectivity index (χ0) is 31.7. The molecule has 9 nitrogen and oxygen atoms in total. The van der Waals surface area contributed by atoms with Crippen LogP contribution in [-0.4, -0.2) is 63.1 Å². The third kappa shape index (κ3) is 6.33. The Balaban J connectivity index is 1.24. The molecule has 232 valence electrons. The molecular weight excluding hydrogens is 613 g/mol. The van der Waals surface area contributed by atoms with Crippen molar-refractivity contribution in [3.8, 4) is 39.5 Å². The molecule has 2 aliphatic rings. The number of amides is 2. The molecule has 1 fully saturated rings. The molecule has 2 amide bonds. The van der Waals surface area contributed by atoms with Gasteiger partial charge in [-0.1, -0.05) is 59.6 Å². The number of piperidine rings is 1. The minimum absolute atomic E-state index is 0.124. The maximum Gasteiger partial charge on any atom is 0.407 e. The van der Waals surface area contributed by atoms with Gasteiger partial charge in [0.15, 0.2) is 0 Å². The second-order valence-electron chi connectivity index (χ2n) is 11.3. The van der Waals surface area contributed by atoms with E-state index >= 15 is 0 Å². The summed E-state index contributed by atoms with van der Waals surface area (Å²) in [4.78, 5) is 35.7. The number of hydrogen-bond acceptors (Lipinski definition) is 6. The van der Waals surface area contributed by atoms with Crippen molar-refractivity contribution in [1.29, 1.82) is 0 Å². The molecule has 45 heavy (non-hydrogen) atoms. The van der Waals surface area contributed by atoms with Crippen LogP contribution < -0.4 is 10.1 Å². The summed E-state index contributed by atoms with van der Waals surface area (Å²) in [5.41, 5.74) is 7.13. The first-order chi connectivity index (χ1) is 21.7. The van der Waals surface area contributed by atoms with E-state index in [1.807, 2.05) is 59.5 Å². The van der Waals surface area contributed by atoms with E-state index in [0.29, 0.717) is 53.0 Å². The molecule has 11 heteroatoms. The molecule has 0 radical (unpaired) electrons. The van der Waals surface area contributed by atoms with Crippen molar-refractivity contribution in [3.63, 3.8) is 0 Å². The lowest BCUT2D eigenvalue weighted by atomic mass is 9.98. The Morgan fingerprint density at radius 3 is 2.42 bits per heavy atom. The molecule has 6 rings (SSSR count). The zero-order valence-electron chi connectivity index (χ0n) is 25.0. The fraction of sp³-hybridized carbons (Fsp3) is 0.294. The summed E-state index contributed by atoms with van der Waals surface area (Å²) >= 11 is 14.0. The quantitative estimate of drug-likeness (QED) is 0.225. The molecule has 0 aliphatic carbocycles. The van der Waals surface area contributed by atoms with E-state index < -0.39 is 6.09 Å². The summed E-state index contributed by atoms with van der Waals surface area (Å²) in [5, 5.41) is 13.9. The fourth-order valence-corrected chi connectivity index (χ4v) is 6.70. The first-order valence-electron chi connectivity index (χ1n) is 14.8. The largest absolute Gasteiger partial charge is 0.481 e. The highest BCUT2D eigenvalue weighted by molar-refractivity contribution is 6.39. The average Bonchev–Trinajstić information content (AvgIpc) is 3.49. The zero-order valence-corrected chi connectivity index (χ0v) is 26.5. The molecule has 0 atom stereocenters. The number of likely N-dealkylation sites (tertiary alicyclic amines) is 1. The predicted octanol–water partition coefficient (Wildman–Crippen LogP) is 6.89. The van der Waals surface area contributed by atoms with Gasteiger partial charge < -0.3 is 20.1 Å². The Morgan fingerprint density at radius 1 is 0.956 bits per heavy atom. The Hall–Kier alpha value is -4.18. The van der Waals surface area contributed by atoms with Crippen LogP contribution in [0.1, 0.15) is 36.5 Å². The third-order valence-electron chi connectivity index (χ3n) is 8.58. The van der Waals surface area contributed by atoms with Gasteiger partial charge in [-0.3, -0.25) is 14.7 Å². The summed E-state index contributed by atoms with van der Waals surface area (Å²) in [5.74, 6) is 0.643. The van der Waals surface area contributed by atoms with Crippen LogP contribution in [0.3, 0.4) is 0 Å². The summed E-state index contributed by atoms with van der Waals surface area (Å²) in [7, 11) is 1.61. The first kappa shape index (κ1) is 30.8. The van der Waals surface area contributed by atoms with E-state index in [0.717, 1.165) is 64.9 Å². The van der Waals surface area contributed by atoms with Gasteiger partial charge in [0.1, 0.15) is 0 Å². The standard InChI is InChI=1S/C34H33Cl2N5O4/c1-20(42)40-14-11-25(12-15-40)38-17-22-8-9-29(39-33(22)45-2)28-5-3-4-26(30(28)35)27-10-13-37-32(31(27)36)21-6-7-23-18-41(34(43)44)19-24(23)16-21/h3-10,13,16,25,38H,11-12,14-15,17-19H2,1-2H3,(H,43,44). The topological polar surface area (TPSA) is 108 Å². The minimum Gasteiger partial charge on any atom is -0.481 e. The maximum atomic E-state index is 11.6. The Bertz CT molecular complexity index is 1770. The molecular formula is C34H33Cl2N5O4. The SMILES string of the molecule is COc1nc(-c2cccc(-c3ccnc(-c4ccc5c(c4)CN(C(=O)O)C5)c3Cl)c2Cl)ccc1CNC1CCN(C(C)=O)CC1. The van der Waals surface area contributed by atoms with Crippen molar-refractivity contribution in [3.05, 3.63) is 87.5 Å². The number of fused-ring (bicyclic) bond motifs is 1. The number of nitrogens with zero attached hydrogens (tertiary/aromatic N) is 4. The van der Waals surface area contributed by atoms with Gasteiger partial charge in [-0.05, 0) is 42.2 Å². The van der Waals surface area contributed by atoms with Gasteiger partial charge in [0.25, 0.3) is 0 Å². The summed E-state index contributed by atoms with van der Waals surface area (Å²) in [6.07, 6.45) is 2.57. The Labute approximate surface area is 271 Å². The molecule has 4 heterocycles. The number of hydrogen-bond donors (Lipinski definition) is 2. The molecule has 2 aromatic heterocycles. The molecule has 1 saturated heterocycles. The second kappa shape index (κ2) is 13.0. The molecule has 4 aromatic rings. The molecule has 0 bridgehead atoms. The average molecular weight is 647 g/mol.